The Hall–Kier alpha value is -3.19. The Kier molecular flexibility index (Phi) is 8.17. The number of hydrogen-bond donors (Lipinski definition) is 2. The number of anilines is 1. The molecule has 0 aliphatic heterocycles. The first kappa shape index (κ1) is 21.1. The number of para-hydroxylation sites is 1. The van der Waals surface area contributed by atoms with Gasteiger partial charge in [-0.1, -0.05) is 42.5 Å². The largest absolute Gasteiger partial charge is 0.454 e. The van der Waals surface area contributed by atoms with Crippen LogP contribution in [0, 0.1) is 0 Å². The topological polar surface area (TPSA) is 93.7 Å². The molecule has 0 saturated carbocycles. The molecule has 2 rings (SSSR count). The normalized spacial score (nSPS) is 11.4. The number of ether oxygens (including phenoxy) is 2. The molecule has 0 heterocycles. The minimum atomic E-state index is -0.625. The summed E-state index contributed by atoms with van der Waals surface area (Å²) in [6.07, 6.45) is 0. The van der Waals surface area contributed by atoms with E-state index in [1.807, 2.05) is 37.3 Å². The molecule has 7 heteroatoms. The van der Waals surface area contributed by atoms with Crippen LogP contribution in [0.25, 0.3) is 0 Å². The summed E-state index contributed by atoms with van der Waals surface area (Å²) in [6, 6.07) is 16.0. The maximum absolute atomic E-state index is 12.7. The van der Waals surface area contributed by atoms with Crippen molar-refractivity contribution in [1.29, 1.82) is 0 Å². The maximum Gasteiger partial charge on any atom is 0.332 e. The van der Waals surface area contributed by atoms with Crippen LogP contribution in [0.3, 0.4) is 0 Å². The monoisotopic (exact) mass is 384 g/mol. The lowest BCUT2D eigenvalue weighted by molar-refractivity contribution is -0.151. The Morgan fingerprint density at radius 1 is 0.964 bits per heavy atom. The van der Waals surface area contributed by atoms with Crippen LogP contribution >= 0.6 is 0 Å². The van der Waals surface area contributed by atoms with Crippen LogP contribution in [-0.2, 0) is 19.1 Å². The molecule has 0 aromatic heterocycles. The first-order chi connectivity index (χ1) is 13.5. The molecule has 2 N–H and O–H groups in total. The van der Waals surface area contributed by atoms with Gasteiger partial charge in [-0.25, -0.2) is 4.79 Å². The van der Waals surface area contributed by atoms with Gasteiger partial charge in [0.2, 0.25) is 0 Å². The van der Waals surface area contributed by atoms with E-state index < -0.39 is 18.5 Å². The molecule has 1 atom stereocenters. The highest BCUT2D eigenvalue weighted by molar-refractivity contribution is 6.04. The van der Waals surface area contributed by atoms with Crippen molar-refractivity contribution in [1.82, 2.24) is 5.32 Å². The van der Waals surface area contributed by atoms with Crippen LogP contribution in [0.1, 0.15) is 35.8 Å². The zero-order valence-corrected chi connectivity index (χ0v) is 15.9. The van der Waals surface area contributed by atoms with Gasteiger partial charge in [-0.15, -0.1) is 0 Å². The Labute approximate surface area is 164 Å². The molecule has 2 aromatic rings. The van der Waals surface area contributed by atoms with Crippen molar-refractivity contribution in [2.75, 3.05) is 25.1 Å². The van der Waals surface area contributed by atoms with Crippen LogP contribution < -0.4 is 10.6 Å². The maximum atomic E-state index is 12.7. The summed E-state index contributed by atoms with van der Waals surface area (Å²) in [6.45, 7) is 3.35. The molecule has 7 nitrogen and oxygen atoms in total. The molecule has 28 heavy (non-hydrogen) atoms. The first-order valence-corrected chi connectivity index (χ1v) is 8.99. The molecule has 0 aliphatic carbocycles. The second-order valence-electron chi connectivity index (χ2n) is 6.00. The predicted molar refractivity (Wildman–Crippen MR) is 105 cm³/mol. The first-order valence-electron chi connectivity index (χ1n) is 8.99. The molecular formula is C21H24N2O5. The number of benzene rings is 2. The van der Waals surface area contributed by atoms with Crippen LogP contribution in [0.4, 0.5) is 5.69 Å². The standard InChI is InChI=1S/C21H24N2O5/c1-3-27-14-20(25)28-13-19(24)23-18-12-8-7-11-17(18)21(26)22-15(2)16-9-5-4-6-10-16/h4-12,15H,3,13-14H2,1-2H3,(H,22,26)(H,23,24)/t15-/m1/s1. The Morgan fingerprint density at radius 2 is 1.64 bits per heavy atom. The minimum Gasteiger partial charge on any atom is -0.454 e. The smallest absolute Gasteiger partial charge is 0.332 e. The zero-order chi connectivity index (χ0) is 20.4. The zero-order valence-electron chi connectivity index (χ0n) is 15.9. The van der Waals surface area contributed by atoms with Gasteiger partial charge >= 0.3 is 5.97 Å². The van der Waals surface area contributed by atoms with Gasteiger partial charge in [0.05, 0.1) is 17.3 Å². The van der Waals surface area contributed by atoms with Crippen molar-refractivity contribution >= 4 is 23.5 Å². The lowest BCUT2D eigenvalue weighted by Gasteiger charge is -2.16. The molecule has 0 bridgehead atoms. The number of carbonyl (C=O) groups is 3. The molecule has 0 spiro atoms. The van der Waals surface area contributed by atoms with Crippen molar-refractivity contribution in [3.8, 4) is 0 Å². The second-order valence-corrected chi connectivity index (χ2v) is 6.00. The molecule has 2 aromatic carbocycles. The number of esters is 1. The van der Waals surface area contributed by atoms with E-state index in [2.05, 4.69) is 10.6 Å². The summed E-state index contributed by atoms with van der Waals surface area (Å²) in [4.78, 5) is 36.1. The Balaban J connectivity index is 1.97. The fourth-order valence-corrected chi connectivity index (χ4v) is 2.45. The van der Waals surface area contributed by atoms with E-state index in [0.717, 1.165) is 5.56 Å². The van der Waals surface area contributed by atoms with Gasteiger partial charge in [0.25, 0.3) is 11.8 Å². The number of rotatable bonds is 9. The third-order valence-electron chi connectivity index (χ3n) is 3.88. The van der Waals surface area contributed by atoms with E-state index in [9.17, 15) is 14.4 Å². The van der Waals surface area contributed by atoms with Crippen LogP contribution in [0.15, 0.2) is 54.6 Å². The third kappa shape index (κ3) is 6.51. The lowest BCUT2D eigenvalue weighted by Crippen LogP contribution is -2.28. The minimum absolute atomic E-state index is 0.197. The number of carbonyl (C=O) groups excluding carboxylic acids is 3. The summed E-state index contributed by atoms with van der Waals surface area (Å²) < 4.78 is 9.73. The van der Waals surface area contributed by atoms with E-state index in [0.29, 0.717) is 17.9 Å². The average molecular weight is 384 g/mol. The van der Waals surface area contributed by atoms with Gasteiger partial charge in [0.1, 0.15) is 6.61 Å². The summed E-state index contributed by atoms with van der Waals surface area (Å²) in [5.74, 6) is -1.48. The van der Waals surface area contributed by atoms with Crippen molar-refractivity contribution in [2.45, 2.75) is 19.9 Å². The van der Waals surface area contributed by atoms with Crippen molar-refractivity contribution < 1.29 is 23.9 Å². The summed E-state index contributed by atoms with van der Waals surface area (Å²) in [5.41, 5.74) is 1.63. The summed E-state index contributed by atoms with van der Waals surface area (Å²) >= 11 is 0. The highest BCUT2D eigenvalue weighted by Crippen LogP contribution is 2.18. The second kappa shape index (κ2) is 10.8. The van der Waals surface area contributed by atoms with Gasteiger partial charge in [0.15, 0.2) is 6.61 Å². The quantitative estimate of drug-likeness (QED) is 0.649. The highest BCUT2D eigenvalue weighted by atomic mass is 16.6. The molecule has 0 radical (unpaired) electrons. The van der Waals surface area contributed by atoms with Gasteiger partial charge in [-0.05, 0) is 31.5 Å². The van der Waals surface area contributed by atoms with Gasteiger partial charge in [-0.2, -0.15) is 0 Å². The van der Waals surface area contributed by atoms with Crippen molar-refractivity contribution in [2.24, 2.45) is 0 Å². The highest BCUT2D eigenvalue weighted by Gasteiger charge is 2.16. The van der Waals surface area contributed by atoms with Crippen LogP contribution in [0.5, 0.6) is 0 Å². The molecule has 0 saturated heterocycles. The van der Waals surface area contributed by atoms with E-state index >= 15 is 0 Å². The van der Waals surface area contributed by atoms with E-state index in [1.54, 1.807) is 31.2 Å². The van der Waals surface area contributed by atoms with Crippen LogP contribution in [-0.4, -0.2) is 37.6 Å². The van der Waals surface area contributed by atoms with E-state index in [1.165, 1.54) is 0 Å². The molecule has 0 fully saturated rings. The Bertz CT molecular complexity index is 807. The predicted octanol–water partition coefficient (Wildman–Crippen LogP) is 2.70. The van der Waals surface area contributed by atoms with Crippen molar-refractivity contribution in [3.63, 3.8) is 0 Å². The molecule has 2 amide bonds. The van der Waals surface area contributed by atoms with Crippen LogP contribution in [0.2, 0.25) is 0 Å². The number of hydrogen-bond acceptors (Lipinski definition) is 5. The fourth-order valence-electron chi connectivity index (χ4n) is 2.45. The summed E-state index contributed by atoms with van der Waals surface area (Å²) in [5, 5.41) is 5.51. The molecule has 0 unspecified atom stereocenters. The molecule has 148 valence electrons. The number of amides is 2. The van der Waals surface area contributed by atoms with E-state index in [4.69, 9.17) is 9.47 Å². The SMILES string of the molecule is CCOCC(=O)OCC(=O)Nc1ccccc1C(=O)N[C@H](C)c1ccccc1. The molecule has 0 aliphatic rings. The van der Waals surface area contributed by atoms with Crippen molar-refractivity contribution in [3.05, 3.63) is 65.7 Å². The Morgan fingerprint density at radius 3 is 2.36 bits per heavy atom. The average Bonchev–Trinajstić information content (AvgIpc) is 2.71. The fraction of sp³-hybridized carbons (Fsp3) is 0.286. The third-order valence-corrected chi connectivity index (χ3v) is 3.88. The van der Waals surface area contributed by atoms with Gasteiger partial charge in [0, 0.05) is 6.61 Å². The number of nitrogens with one attached hydrogen (secondary N) is 2. The lowest BCUT2D eigenvalue weighted by atomic mass is 10.1. The van der Waals surface area contributed by atoms with Gasteiger partial charge < -0.3 is 20.1 Å². The molecular weight excluding hydrogens is 360 g/mol. The van der Waals surface area contributed by atoms with E-state index in [-0.39, 0.29) is 18.6 Å². The van der Waals surface area contributed by atoms with Gasteiger partial charge in [-0.3, -0.25) is 9.59 Å². The summed E-state index contributed by atoms with van der Waals surface area (Å²) in [7, 11) is 0.